The van der Waals surface area contributed by atoms with Crippen LogP contribution in [0.2, 0.25) is 5.02 Å². The van der Waals surface area contributed by atoms with Gasteiger partial charge in [0.2, 0.25) is 0 Å². The van der Waals surface area contributed by atoms with Gasteiger partial charge in [0, 0.05) is 67.7 Å². The normalized spacial score (nSPS) is 20.0. The van der Waals surface area contributed by atoms with E-state index in [9.17, 15) is 0 Å². The summed E-state index contributed by atoms with van der Waals surface area (Å²) in [6.45, 7) is 37.3. The highest BCUT2D eigenvalue weighted by Gasteiger charge is 2.62. The second kappa shape index (κ2) is 27.5. The lowest BCUT2D eigenvalue weighted by Gasteiger charge is -2.52. The van der Waals surface area contributed by atoms with E-state index in [0.29, 0.717) is 5.02 Å². The van der Waals surface area contributed by atoms with Gasteiger partial charge in [-0.1, -0.05) is 280 Å². The first-order valence-corrected chi connectivity index (χ1v) is 41.3. The van der Waals surface area contributed by atoms with Crippen LogP contribution in [0.5, 0.6) is 0 Å². The van der Waals surface area contributed by atoms with Gasteiger partial charge in [0.05, 0.1) is 27.5 Å². The molecule has 10 aromatic carbocycles. The van der Waals surface area contributed by atoms with E-state index in [1.165, 1.54) is 111 Å². The highest BCUT2D eigenvalue weighted by atomic mass is 35.5. The molecule has 0 radical (unpaired) electrons. The van der Waals surface area contributed by atoms with Gasteiger partial charge in [-0.3, -0.25) is 19.6 Å². The molecular weight excluding hydrogens is 1380 g/mol. The molecular formula is C102H108BClN8. The zero-order valence-corrected chi connectivity index (χ0v) is 69.3. The maximum atomic E-state index is 7.76. The molecule has 8 nitrogen and oxygen atoms in total. The lowest BCUT2D eigenvalue weighted by molar-refractivity contribution is 0.195. The van der Waals surface area contributed by atoms with Crippen molar-refractivity contribution in [3.05, 3.63) is 305 Å². The number of benzene rings is 10. The van der Waals surface area contributed by atoms with Crippen molar-refractivity contribution in [3.63, 3.8) is 0 Å². The summed E-state index contributed by atoms with van der Waals surface area (Å²) < 4.78 is 0. The number of rotatable bonds is 11. The number of aromatic nitrogens is 2. The van der Waals surface area contributed by atoms with Gasteiger partial charge in [-0.2, -0.15) is 0 Å². The lowest BCUT2D eigenvalue weighted by atomic mass is 9.33. The average Bonchev–Trinajstić information content (AvgIpc) is 1.48. The Bertz CT molecular complexity index is 5410. The fourth-order valence-electron chi connectivity index (χ4n) is 19.9. The largest absolute Gasteiger partial charge is 0.335 e. The minimum Gasteiger partial charge on any atom is -0.335 e. The Kier molecular flexibility index (Phi) is 18.3. The zero-order valence-electron chi connectivity index (χ0n) is 68.6. The number of hydrogen-bond acceptors (Lipinski definition) is 8. The van der Waals surface area contributed by atoms with Crippen molar-refractivity contribution in [1.82, 2.24) is 9.97 Å². The summed E-state index contributed by atoms with van der Waals surface area (Å²) in [6.07, 6.45) is 9.68. The summed E-state index contributed by atoms with van der Waals surface area (Å²) in [5.74, 6) is 3.50. The topological polar surface area (TPSA) is 45.2 Å². The van der Waals surface area contributed by atoms with E-state index in [2.05, 4.69) is 407 Å². The standard InChI is InChI=1S/C51H53BN4.C51H55ClN4/c1-48(2,3)34-22-26-37(27-23-34)54(38-28-24-35(25-29-38)49(4,5)6)44-31-30-41-47(53-44)55(36-16-10-9-11-17-36)42-20-15-21-43-45(42)52(41)40-19-14-18-39-46(40)56(43)51(8)33-13-12-32-50(39,51)7;1-48(2,3)36-26-30-39(31-27-36)54(40-32-28-37(29-33-40)49(4,5)6)45-24-17-25-46(53-45)55(38-18-10-9-11-19-38)43-22-16-23-44(47(43)52)56-42-21-13-12-20-41(42)50(7)34-14-15-35-51(50,56)8/h9-11,14-31H,12-13,32-33H2,1-8H3;9-13,16-33H,14-15,34-35H2,1-8H3. The van der Waals surface area contributed by atoms with Crippen LogP contribution in [-0.2, 0) is 32.5 Å². The average molecular weight is 1490 g/mol. The van der Waals surface area contributed by atoms with Crippen LogP contribution >= 0.6 is 11.6 Å². The minimum atomic E-state index is -0.113. The fourth-order valence-corrected chi connectivity index (χ4v) is 20.2. The van der Waals surface area contributed by atoms with Crippen molar-refractivity contribution >= 4 is 126 Å². The molecule has 18 rings (SSSR count). The number of nitrogens with zero attached hydrogens (tertiary/aromatic N) is 8. The molecule has 2 aromatic heterocycles. The Morgan fingerprint density at radius 2 is 0.741 bits per heavy atom. The summed E-state index contributed by atoms with van der Waals surface area (Å²) in [7, 11) is 0. The van der Waals surface area contributed by atoms with Crippen LogP contribution in [0.25, 0.3) is 0 Å². The molecule has 566 valence electrons. The summed E-state index contributed by atoms with van der Waals surface area (Å²) >= 11 is 7.76. The molecule has 0 N–H and O–H groups in total. The van der Waals surface area contributed by atoms with E-state index in [4.69, 9.17) is 21.6 Å². The molecule has 0 spiro atoms. The smallest absolute Gasteiger partial charge is 0.254 e. The number of anilines is 16. The third-order valence-corrected chi connectivity index (χ3v) is 27.0. The molecule has 10 heteroatoms. The number of fused-ring (bicyclic) bond motifs is 10. The molecule has 4 aliphatic heterocycles. The van der Waals surface area contributed by atoms with E-state index in [0.717, 1.165) is 81.6 Å². The van der Waals surface area contributed by atoms with Crippen LogP contribution in [0, 0.1) is 0 Å². The van der Waals surface area contributed by atoms with Crippen molar-refractivity contribution in [1.29, 1.82) is 0 Å². The molecule has 112 heavy (non-hydrogen) atoms. The molecule has 4 unspecified atom stereocenters. The van der Waals surface area contributed by atoms with Crippen LogP contribution in [0.1, 0.15) is 196 Å². The van der Waals surface area contributed by atoms with Crippen LogP contribution in [0.3, 0.4) is 0 Å². The van der Waals surface area contributed by atoms with Gasteiger partial charge in [0.15, 0.2) is 0 Å². The monoisotopic (exact) mass is 1490 g/mol. The number of para-hydroxylation sites is 4. The van der Waals surface area contributed by atoms with Crippen LogP contribution < -0.4 is 45.8 Å². The van der Waals surface area contributed by atoms with Gasteiger partial charge in [-0.05, 0) is 232 Å². The van der Waals surface area contributed by atoms with Crippen molar-refractivity contribution in [2.75, 3.05) is 29.4 Å². The Hall–Kier alpha value is -10.3. The molecule has 0 amide bonds. The van der Waals surface area contributed by atoms with Gasteiger partial charge in [0.25, 0.3) is 6.71 Å². The van der Waals surface area contributed by atoms with Gasteiger partial charge in [-0.15, -0.1) is 0 Å². The first-order valence-electron chi connectivity index (χ1n) is 41.0. The molecule has 0 saturated heterocycles. The molecule has 4 atom stereocenters. The third kappa shape index (κ3) is 12.2. The van der Waals surface area contributed by atoms with Gasteiger partial charge in [0.1, 0.15) is 23.3 Å². The van der Waals surface area contributed by atoms with Crippen molar-refractivity contribution < 1.29 is 0 Å². The van der Waals surface area contributed by atoms with E-state index >= 15 is 0 Å². The number of pyridine rings is 2. The maximum absolute atomic E-state index is 7.76. The molecule has 2 fully saturated rings. The molecule has 6 aliphatic rings. The SMILES string of the molecule is CC(C)(C)c1ccc(N(c2ccc(C(C)(C)C)cc2)c2ccc3c(n2)N(c2ccccc2)c2cccc4c2B3c2cccc3c2N4C2(C)CCCCC32C)cc1.CC(C)(C)c1ccc(N(c2ccc(C(C)(C)C)cc2)c2cccc(N(c3ccccc3)c3cccc(N4c5ccccc5C5(C)CCCCC45C)c3Cl)n2)cc1. The van der Waals surface area contributed by atoms with Crippen LogP contribution in [0.15, 0.2) is 267 Å². The highest BCUT2D eigenvalue weighted by Crippen LogP contribution is 2.64. The van der Waals surface area contributed by atoms with Gasteiger partial charge in [-0.25, -0.2) is 9.97 Å². The van der Waals surface area contributed by atoms with E-state index in [1.54, 1.807) is 0 Å². The first kappa shape index (κ1) is 74.4. The fraction of sp³-hybridized carbons (Fsp3) is 0.314. The summed E-state index contributed by atoms with van der Waals surface area (Å²) in [5, 5.41) is 0.710. The third-order valence-electron chi connectivity index (χ3n) is 26.6. The van der Waals surface area contributed by atoms with Gasteiger partial charge < -0.3 is 9.80 Å². The van der Waals surface area contributed by atoms with Crippen molar-refractivity contribution in [3.8, 4) is 0 Å². The quantitative estimate of drug-likeness (QED) is 0.119. The first-order chi connectivity index (χ1) is 53.5. The van der Waals surface area contributed by atoms with E-state index in [1.807, 2.05) is 0 Å². The molecule has 0 bridgehead atoms. The molecule has 2 aliphatic carbocycles. The molecule has 2 saturated carbocycles. The predicted molar refractivity (Wildman–Crippen MR) is 477 cm³/mol. The zero-order chi connectivity index (χ0) is 78.2. The van der Waals surface area contributed by atoms with Gasteiger partial charge >= 0.3 is 0 Å². The maximum Gasteiger partial charge on any atom is 0.254 e. The van der Waals surface area contributed by atoms with E-state index in [-0.39, 0.29) is 50.3 Å². The second-order valence-corrected chi connectivity index (χ2v) is 37.8. The Balaban J connectivity index is 0.000000163. The Morgan fingerprint density at radius 1 is 0.339 bits per heavy atom. The Labute approximate surface area is 672 Å². The summed E-state index contributed by atoms with van der Waals surface area (Å²) in [6, 6.07) is 98.0. The predicted octanol–water partition coefficient (Wildman–Crippen LogP) is 26.5. The second-order valence-electron chi connectivity index (χ2n) is 37.4. The Morgan fingerprint density at radius 3 is 1.28 bits per heavy atom. The van der Waals surface area contributed by atoms with Crippen LogP contribution in [0.4, 0.5) is 91.5 Å². The molecule has 12 aromatic rings. The lowest BCUT2D eigenvalue weighted by Crippen LogP contribution is -2.64. The highest BCUT2D eigenvalue weighted by molar-refractivity contribution is 7.00. The van der Waals surface area contributed by atoms with E-state index < -0.39 is 0 Å². The van der Waals surface area contributed by atoms with Crippen LogP contribution in [-0.4, -0.2) is 27.8 Å². The summed E-state index contributed by atoms with van der Waals surface area (Å²) in [4.78, 5) is 25.9. The minimum absolute atomic E-state index is 0.00925. The van der Waals surface area contributed by atoms with Crippen molar-refractivity contribution in [2.45, 2.75) is 206 Å². The van der Waals surface area contributed by atoms with Crippen molar-refractivity contribution in [2.24, 2.45) is 0 Å². The number of hydrogen-bond donors (Lipinski definition) is 0. The summed E-state index contributed by atoms with van der Waals surface area (Å²) in [5.41, 5.74) is 26.0. The molecule has 6 heterocycles. The number of halogens is 1.